The van der Waals surface area contributed by atoms with Crippen LogP contribution < -0.4 is 0 Å². The normalized spacial score (nSPS) is 20.1. The Hall–Kier alpha value is -1.33. The van der Waals surface area contributed by atoms with Crippen LogP contribution in [0, 0.1) is 5.92 Å². The van der Waals surface area contributed by atoms with Crippen molar-refractivity contribution in [3.8, 4) is 0 Å². The van der Waals surface area contributed by atoms with Crippen molar-refractivity contribution in [1.82, 2.24) is 4.90 Å². The third kappa shape index (κ3) is 3.36. The highest BCUT2D eigenvalue weighted by Gasteiger charge is 2.37. The number of halogens is 2. The maximum absolute atomic E-state index is 12.8. The van der Waals surface area contributed by atoms with Crippen LogP contribution in [-0.2, 0) is 14.4 Å². The van der Waals surface area contributed by atoms with Gasteiger partial charge in [-0.3, -0.25) is 19.3 Å². The van der Waals surface area contributed by atoms with Gasteiger partial charge in [0.2, 0.25) is 18.7 Å². The summed E-state index contributed by atoms with van der Waals surface area (Å²) in [6.45, 7) is -0.316. The zero-order chi connectivity index (χ0) is 12.2. The molecule has 0 unspecified atom stereocenters. The summed E-state index contributed by atoms with van der Waals surface area (Å²) >= 11 is 0. The second kappa shape index (κ2) is 5.14. The van der Waals surface area contributed by atoms with E-state index in [1.165, 1.54) is 0 Å². The number of Topliss-reactive ketones (excluding diaryl/α,β-unsaturated/α-hetero) is 1. The van der Waals surface area contributed by atoms with Crippen molar-refractivity contribution < 1.29 is 23.2 Å². The molecule has 16 heavy (non-hydrogen) atoms. The second-order valence-electron chi connectivity index (χ2n) is 3.98. The Labute approximate surface area is 91.6 Å². The zero-order valence-corrected chi connectivity index (χ0v) is 8.70. The number of carbonyl (C=O) groups is 3. The van der Waals surface area contributed by atoms with Crippen molar-refractivity contribution in [3.63, 3.8) is 0 Å². The van der Waals surface area contributed by atoms with E-state index in [1.54, 1.807) is 0 Å². The summed E-state index contributed by atoms with van der Waals surface area (Å²) in [5.74, 6) is -3.46. The van der Waals surface area contributed by atoms with Gasteiger partial charge in [-0.2, -0.15) is 0 Å². The first-order chi connectivity index (χ1) is 7.48. The first-order valence-corrected chi connectivity index (χ1v) is 5.05. The van der Waals surface area contributed by atoms with Gasteiger partial charge in [0.25, 0.3) is 0 Å². The van der Waals surface area contributed by atoms with Crippen molar-refractivity contribution in [3.05, 3.63) is 0 Å². The van der Waals surface area contributed by atoms with E-state index >= 15 is 0 Å². The number of carbonyl (C=O) groups excluding carboxylic acids is 3. The molecule has 0 atom stereocenters. The molecule has 90 valence electrons. The van der Waals surface area contributed by atoms with Gasteiger partial charge in [-0.05, 0) is 12.8 Å². The quantitative estimate of drug-likeness (QED) is 0.665. The lowest BCUT2D eigenvalue weighted by Crippen LogP contribution is -2.35. The van der Waals surface area contributed by atoms with Crippen LogP contribution >= 0.6 is 0 Å². The Morgan fingerprint density at radius 1 is 1.25 bits per heavy atom. The average molecular weight is 233 g/mol. The molecule has 0 spiro atoms. The molecule has 6 heteroatoms. The predicted octanol–water partition coefficient (Wildman–Crippen LogP) is 0.996. The summed E-state index contributed by atoms with van der Waals surface area (Å²) in [4.78, 5) is 32.8. The molecule has 1 aliphatic rings. The van der Waals surface area contributed by atoms with Crippen molar-refractivity contribution in [1.29, 1.82) is 0 Å². The van der Waals surface area contributed by atoms with Crippen LogP contribution in [0.15, 0.2) is 0 Å². The minimum absolute atomic E-state index is 0.122. The summed E-state index contributed by atoms with van der Waals surface area (Å²) in [7, 11) is 0. The highest BCUT2D eigenvalue weighted by Crippen LogP contribution is 2.36. The van der Waals surface area contributed by atoms with E-state index in [-0.39, 0.29) is 50.8 Å². The van der Waals surface area contributed by atoms with Crippen molar-refractivity contribution in [2.45, 2.75) is 31.6 Å². The van der Waals surface area contributed by atoms with Gasteiger partial charge < -0.3 is 0 Å². The molecule has 4 nitrogen and oxygen atoms in total. The summed E-state index contributed by atoms with van der Waals surface area (Å²) in [6.07, 6.45) is 0.149. The Kier molecular flexibility index (Phi) is 4.09. The second-order valence-corrected chi connectivity index (χ2v) is 3.98. The summed E-state index contributed by atoms with van der Waals surface area (Å²) in [5, 5.41) is 0. The Morgan fingerprint density at radius 2 is 1.75 bits per heavy atom. The van der Waals surface area contributed by atoms with Crippen LogP contribution in [-0.4, -0.2) is 36.0 Å². The molecule has 0 aromatic heterocycles. The van der Waals surface area contributed by atoms with Gasteiger partial charge in [0.1, 0.15) is 0 Å². The standard InChI is InChI=1S/C10H13F2NO3/c11-10(12)3-1-8(2-4-10)9(16)5-13(6-14)7-15/h6-8H,1-5H2. The largest absolute Gasteiger partial charge is 0.297 e. The fraction of sp³-hybridized carbons (Fsp3) is 0.700. The van der Waals surface area contributed by atoms with E-state index in [9.17, 15) is 23.2 Å². The Balaban J connectivity index is 2.44. The van der Waals surface area contributed by atoms with Crippen LogP contribution in [0.2, 0.25) is 0 Å². The Bertz CT molecular complexity index is 276. The SMILES string of the molecule is O=CN(C=O)CC(=O)C1CCC(F)(F)CC1. The lowest BCUT2D eigenvalue weighted by Gasteiger charge is -2.27. The fourth-order valence-corrected chi connectivity index (χ4v) is 1.77. The summed E-state index contributed by atoms with van der Waals surface area (Å²) in [5.41, 5.74) is 0. The molecule has 0 radical (unpaired) electrons. The molecule has 1 aliphatic carbocycles. The van der Waals surface area contributed by atoms with Crippen molar-refractivity contribution in [2.24, 2.45) is 5.92 Å². The number of nitrogens with zero attached hydrogens (tertiary/aromatic N) is 1. The molecule has 1 fully saturated rings. The lowest BCUT2D eigenvalue weighted by atomic mass is 9.84. The molecule has 1 rings (SSSR count). The van der Waals surface area contributed by atoms with E-state index in [0.717, 1.165) is 0 Å². The maximum Gasteiger partial charge on any atom is 0.248 e. The maximum atomic E-state index is 12.8. The van der Waals surface area contributed by atoms with Crippen molar-refractivity contribution >= 4 is 18.6 Å². The van der Waals surface area contributed by atoms with E-state index in [4.69, 9.17) is 0 Å². The first kappa shape index (κ1) is 12.7. The molecule has 0 heterocycles. The molecule has 0 saturated heterocycles. The highest BCUT2D eigenvalue weighted by molar-refractivity contribution is 5.87. The van der Waals surface area contributed by atoms with E-state index in [2.05, 4.69) is 0 Å². The minimum Gasteiger partial charge on any atom is -0.297 e. The van der Waals surface area contributed by atoms with E-state index < -0.39 is 11.8 Å². The lowest BCUT2D eigenvalue weighted by molar-refractivity contribution is -0.137. The molecule has 1 saturated carbocycles. The molecular formula is C10H13F2NO3. The Morgan fingerprint density at radius 3 is 2.19 bits per heavy atom. The molecule has 2 amide bonds. The van der Waals surface area contributed by atoms with Crippen LogP contribution in [0.1, 0.15) is 25.7 Å². The number of amides is 2. The van der Waals surface area contributed by atoms with Gasteiger partial charge >= 0.3 is 0 Å². The fourth-order valence-electron chi connectivity index (χ4n) is 1.77. The predicted molar refractivity (Wildman–Crippen MR) is 50.7 cm³/mol. The number of ketones is 1. The van der Waals surface area contributed by atoms with Gasteiger partial charge in [0.05, 0.1) is 6.54 Å². The van der Waals surface area contributed by atoms with Gasteiger partial charge in [0, 0.05) is 18.8 Å². The van der Waals surface area contributed by atoms with Crippen LogP contribution in [0.5, 0.6) is 0 Å². The highest BCUT2D eigenvalue weighted by atomic mass is 19.3. The molecule has 0 aromatic carbocycles. The third-order valence-electron chi connectivity index (χ3n) is 2.78. The number of hydrogen-bond donors (Lipinski definition) is 0. The van der Waals surface area contributed by atoms with E-state index in [0.29, 0.717) is 4.90 Å². The summed E-state index contributed by atoms with van der Waals surface area (Å²) < 4.78 is 25.6. The number of rotatable bonds is 5. The minimum atomic E-state index is -2.67. The van der Waals surface area contributed by atoms with Crippen LogP contribution in [0.25, 0.3) is 0 Å². The van der Waals surface area contributed by atoms with Crippen LogP contribution in [0.3, 0.4) is 0 Å². The number of alkyl halides is 2. The van der Waals surface area contributed by atoms with E-state index in [1.807, 2.05) is 0 Å². The molecule has 0 aromatic rings. The topological polar surface area (TPSA) is 54.5 Å². The molecule has 0 aliphatic heterocycles. The van der Waals surface area contributed by atoms with Crippen molar-refractivity contribution in [2.75, 3.05) is 6.54 Å². The average Bonchev–Trinajstić information content (AvgIpc) is 2.25. The first-order valence-electron chi connectivity index (χ1n) is 5.05. The smallest absolute Gasteiger partial charge is 0.248 e. The monoisotopic (exact) mass is 233 g/mol. The summed E-state index contributed by atoms with van der Waals surface area (Å²) in [6, 6.07) is 0. The molecule has 0 bridgehead atoms. The molecular weight excluding hydrogens is 220 g/mol. The van der Waals surface area contributed by atoms with Gasteiger partial charge in [-0.25, -0.2) is 8.78 Å². The molecule has 0 N–H and O–H groups in total. The van der Waals surface area contributed by atoms with Gasteiger partial charge in [-0.15, -0.1) is 0 Å². The number of imide groups is 1. The number of hydrogen-bond acceptors (Lipinski definition) is 3. The zero-order valence-electron chi connectivity index (χ0n) is 8.70. The van der Waals surface area contributed by atoms with Gasteiger partial charge in [-0.1, -0.05) is 0 Å². The van der Waals surface area contributed by atoms with Crippen LogP contribution in [0.4, 0.5) is 8.78 Å². The third-order valence-corrected chi connectivity index (χ3v) is 2.78. The van der Waals surface area contributed by atoms with Gasteiger partial charge in [0.15, 0.2) is 5.78 Å².